The monoisotopic (exact) mass is 510 g/mol. The molecule has 1 fully saturated rings. The van der Waals surface area contributed by atoms with Crippen molar-refractivity contribution in [1.82, 2.24) is 9.80 Å². The Labute approximate surface area is 226 Å². The van der Waals surface area contributed by atoms with Crippen LogP contribution in [0.1, 0.15) is 45.5 Å². The summed E-state index contributed by atoms with van der Waals surface area (Å²) in [6, 6.07) is 25.0. The Morgan fingerprint density at radius 2 is 1.66 bits per heavy atom. The van der Waals surface area contributed by atoms with Crippen molar-refractivity contribution in [2.24, 2.45) is 0 Å². The van der Waals surface area contributed by atoms with E-state index in [1.165, 1.54) is 11.1 Å². The number of rotatable bonds is 11. The number of hydrogen-bond acceptors (Lipinski definition) is 5. The van der Waals surface area contributed by atoms with Crippen molar-refractivity contribution in [2.45, 2.75) is 32.4 Å². The topological polar surface area (TPSA) is 42.0 Å². The first-order valence-corrected chi connectivity index (χ1v) is 13.8. The summed E-state index contributed by atoms with van der Waals surface area (Å²) in [6.07, 6.45) is 4.83. The van der Waals surface area contributed by atoms with Crippen LogP contribution < -0.4 is 4.74 Å². The first-order chi connectivity index (χ1) is 18.6. The average Bonchev–Trinajstić information content (AvgIpc) is 3.25. The molecule has 3 aromatic carbocycles. The fourth-order valence-corrected chi connectivity index (χ4v) is 5.22. The van der Waals surface area contributed by atoms with Gasteiger partial charge in [-0.25, -0.2) is 0 Å². The van der Waals surface area contributed by atoms with Crippen molar-refractivity contribution in [3.8, 4) is 5.75 Å². The second-order valence-electron chi connectivity index (χ2n) is 10.4. The molecule has 1 heterocycles. The molecule has 5 nitrogen and oxygen atoms in total. The third-order valence-electron chi connectivity index (χ3n) is 7.31. The van der Waals surface area contributed by atoms with Gasteiger partial charge in [0.1, 0.15) is 5.75 Å². The molecule has 3 aromatic rings. The molecule has 0 saturated carbocycles. The average molecular weight is 511 g/mol. The predicted molar refractivity (Wildman–Crippen MR) is 152 cm³/mol. The van der Waals surface area contributed by atoms with Gasteiger partial charge in [-0.15, -0.1) is 0 Å². The first-order valence-electron chi connectivity index (χ1n) is 13.8. The third-order valence-corrected chi connectivity index (χ3v) is 7.31. The molecule has 0 radical (unpaired) electrons. The zero-order valence-electron chi connectivity index (χ0n) is 22.4. The quantitative estimate of drug-likeness (QED) is 0.247. The molecule has 0 amide bonds. The molecule has 0 aromatic heterocycles. The molecule has 5 rings (SSSR count). The zero-order valence-corrected chi connectivity index (χ0v) is 22.4. The Hall–Kier alpha value is -3.25. The van der Waals surface area contributed by atoms with Gasteiger partial charge in [-0.3, -0.25) is 14.6 Å². The summed E-state index contributed by atoms with van der Waals surface area (Å²) in [4.78, 5) is 17.9. The van der Waals surface area contributed by atoms with Crippen LogP contribution in [0.5, 0.6) is 5.75 Å². The number of ketones is 1. The normalized spacial score (nSPS) is 16.8. The lowest BCUT2D eigenvalue weighted by Gasteiger charge is -2.26. The summed E-state index contributed by atoms with van der Waals surface area (Å²) >= 11 is 0. The van der Waals surface area contributed by atoms with E-state index in [1.807, 2.05) is 30.3 Å². The van der Waals surface area contributed by atoms with Gasteiger partial charge in [0.15, 0.2) is 5.78 Å². The molecular weight excluding hydrogens is 472 g/mol. The summed E-state index contributed by atoms with van der Waals surface area (Å²) in [5.41, 5.74) is 6.34. The van der Waals surface area contributed by atoms with Crippen LogP contribution in [0.2, 0.25) is 0 Å². The molecule has 198 valence electrons. The summed E-state index contributed by atoms with van der Waals surface area (Å²) in [5, 5.41) is 0. The van der Waals surface area contributed by atoms with Crippen LogP contribution in [-0.4, -0.2) is 62.1 Å². The Bertz CT molecular complexity index is 1230. The highest BCUT2D eigenvalue weighted by atomic mass is 16.5. The maximum atomic E-state index is 13.1. The van der Waals surface area contributed by atoms with Crippen molar-refractivity contribution in [1.29, 1.82) is 0 Å². The van der Waals surface area contributed by atoms with E-state index >= 15 is 0 Å². The van der Waals surface area contributed by atoms with Crippen LogP contribution in [0.25, 0.3) is 6.08 Å². The van der Waals surface area contributed by atoms with Gasteiger partial charge in [0.25, 0.3) is 0 Å². The van der Waals surface area contributed by atoms with E-state index in [9.17, 15) is 4.79 Å². The maximum Gasteiger partial charge on any atom is 0.189 e. The van der Waals surface area contributed by atoms with Crippen LogP contribution in [0.3, 0.4) is 0 Å². The minimum atomic E-state index is 0.115. The Morgan fingerprint density at radius 1 is 0.921 bits per heavy atom. The summed E-state index contributed by atoms with van der Waals surface area (Å²) < 4.78 is 11.4. The summed E-state index contributed by atoms with van der Waals surface area (Å²) in [7, 11) is 2.14. The number of unbranched alkanes of at least 4 members (excludes halogenated alkanes) is 1. The number of nitrogens with zero attached hydrogens (tertiary/aromatic N) is 2. The van der Waals surface area contributed by atoms with E-state index in [4.69, 9.17) is 9.47 Å². The Kier molecular flexibility index (Phi) is 9.02. The smallest absolute Gasteiger partial charge is 0.189 e. The van der Waals surface area contributed by atoms with Crippen LogP contribution in [0, 0.1) is 0 Å². The number of allylic oxidation sites excluding steroid dienone is 1. The molecule has 1 aliphatic heterocycles. The van der Waals surface area contributed by atoms with Gasteiger partial charge >= 0.3 is 0 Å². The molecular formula is C33H38N2O3. The number of morpholine rings is 1. The van der Waals surface area contributed by atoms with E-state index in [2.05, 4.69) is 65.4 Å². The fraction of sp³-hybridized carbons (Fsp3) is 0.364. The SMILES string of the molecule is CN(Cc1ccccc1)Cc1ccc(/C=C2\Cc3ccc(OCCCCN4CCOCC4)cc3C2=O)cc1. The lowest BCUT2D eigenvalue weighted by atomic mass is 10.1. The maximum absolute atomic E-state index is 13.1. The first kappa shape index (κ1) is 26.4. The van der Waals surface area contributed by atoms with Crippen LogP contribution in [-0.2, 0) is 24.2 Å². The van der Waals surface area contributed by atoms with E-state index in [-0.39, 0.29) is 5.78 Å². The largest absolute Gasteiger partial charge is 0.494 e. The number of Topliss-reactive ketones (excluding diaryl/α,β-unsaturated/α-hetero) is 1. The minimum Gasteiger partial charge on any atom is -0.494 e. The minimum absolute atomic E-state index is 0.115. The molecule has 5 heteroatoms. The molecule has 0 bridgehead atoms. The van der Waals surface area contributed by atoms with Crippen molar-refractivity contribution < 1.29 is 14.3 Å². The van der Waals surface area contributed by atoms with Crippen LogP contribution in [0.15, 0.2) is 78.4 Å². The highest BCUT2D eigenvalue weighted by Crippen LogP contribution is 2.31. The van der Waals surface area contributed by atoms with Gasteiger partial charge in [-0.2, -0.15) is 0 Å². The van der Waals surface area contributed by atoms with Crippen molar-refractivity contribution in [2.75, 3.05) is 46.5 Å². The van der Waals surface area contributed by atoms with Gasteiger partial charge in [0.05, 0.1) is 19.8 Å². The molecule has 0 unspecified atom stereocenters. The molecule has 1 aliphatic carbocycles. The molecule has 2 aliphatic rings. The van der Waals surface area contributed by atoms with Gasteiger partial charge < -0.3 is 9.47 Å². The van der Waals surface area contributed by atoms with Crippen LogP contribution >= 0.6 is 0 Å². The lowest BCUT2D eigenvalue weighted by Crippen LogP contribution is -2.36. The number of carbonyl (C=O) groups is 1. The highest BCUT2D eigenvalue weighted by Gasteiger charge is 2.25. The lowest BCUT2D eigenvalue weighted by molar-refractivity contribution is 0.0368. The number of ether oxygens (including phenoxy) is 2. The van der Waals surface area contributed by atoms with E-state index < -0.39 is 0 Å². The molecule has 0 N–H and O–H groups in total. The van der Waals surface area contributed by atoms with Gasteiger partial charge in [-0.05, 0) is 66.9 Å². The molecule has 1 saturated heterocycles. The fourth-order valence-electron chi connectivity index (χ4n) is 5.22. The molecule has 38 heavy (non-hydrogen) atoms. The third kappa shape index (κ3) is 7.19. The van der Waals surface area contributed by atoms with Gasteiger partial charge in [-0.1, -0.05) is 60.7 Å². The standard InChI is InChI=1S/C33H38N2O3/c1-34(24-27-7-3-2-4-8-27)25-28-11-9-26(10-12-28)21-30-22-29-13-14-31(23-32(29)33(30)36)38-18-6-5-15-35-16-19-37-20-17-35/h2-4,7-14,21,23H,5-6,15-20,22,24-25H2,1H3/b30-21+. The summed E-state index contributed by atoms with van der Waals surface area (Å²) in [6.45, 7) is 7.30. The highest BCUT2D eigenvalue weighted by molar-refractivity contribution is 6.15. The second kappa shape index (κ2) is 13.0. The van der Waals surface area contributed by atoms with Crippen molar-refractivity contribution in [3.63, 3.8) is 0 Å². The molecule has 0 atom stereocenters. The van der Waals surface area contributed by atoms with E-state index in [1.54, 1.807) is 0 Å². The van der Waals surface area contributed by atoms with Crippen LogP contribution in [0.4, 0.5) is 0 Å². The van der Waals surface area contributed by atoms with Crippen molar-refractivity contribution in [3.05, 3.63) is 106 Å². The predicted octanol–water partition coefficient (Wildman–Crippen LogP) is 5.63. The Morgan fingerprint density at radius 3 is 2.42 bits per heavy atom. The van der Waals surface area contributed by atoms with E-state index in [0.717, 1.165) is 86.8 Å². The van der Waals surface area contributed by atoms with Crippen molar-refractivity contribution >= 4 is 11.9 Å². The number of carbonyl (C=O) groups excluding carboxylic acids is 1. The summed E-state index contributed by atoms with van der Waals surface area (Å²) in [5.74, 6) is 0.901. The van der Waals surface area contributed by atoms with E-state index in [0.29, 0.717) is 13.0 Å². The Balaban J connectivity index is 1.11. The number of benzene rings is 3. The number of hydrogen-bond donors (Lipinski definition) is 0. The second-order valence-corrected chi connectivity index (χ2v) is 10.4. The van der Waals surface area contributed by atoms with Gasteiger partial charge in [0.2, 0.25) is 0 Å². The van der Waals surface area contributed by atoms with Gasteiger partial charge in [0, 0.05) is 43.7 Å². The zero-order chi connectivity index (χ0) is 26.2. The molecule has 0 spiro atoms. The number of fused-ring (bicyclic) bond motifs is 1.